The summed E-state index contributed by atoms with van der Waals surface area (Å²) in [6.07, 6.45) is 0. The minimum Gasteiger partial charge on any atom is -0.453 e. The molecule has 5 nitrogen and oxygen atoms in total. The lowest BCUT2D eigenvalue weighted by Gasteiger charge is -2.42. The van der Waals surface area contributed by atoms with Crippen molar-refractivity contribution in [3.63, 3.8) is 0 Å². The van der Waals surface area contributed by atoms with Crippen LogP contribution in [-0.4, -0.2) is 9.97 Å². The summed E-state index contributed by atoms with van der Waals surface area (Å²) in [5, 5.41) is 0. The average molecular weight is 697 g/mol. The largest absolute Gasteiger partial charge is 0.453 e. The number of anilines is 6. The maximum atomic E-state index is 6.69. The van der Waals surface area contributed by atoms with E-state index in [4.69, 9.17) is 14.7 Å². The summed E-state index contributed by atoms with van der Waals surface area (Å²) in [5.74, 6) is 2.07. The number of benzene rings is 7. The van der Waals surface area contributed by atoms with Crippen LogP contribution in [0, 0.1) is 0 Å². The molecule has 0 amide bonds. The number of hydrogen-bond acceptors (Lipinski definition) is 5. The van der Waals surface area contributed by atoms with E-state index in [1.807, 2.05) is 54.6 Å². The summed E-state index contributed by atoms with van der Waals surface area (Å²) >= 11 is 0. The molecular formula is C49H36N4O. The zero-order valence-electron chi connectivity index (χ0n) is 30.0. The molecule has 8 aromatic rings. The highest BCUT2D eigenvalue weighted by Gasteiger charge is 2.37. The molecule has 2 aliphatic rings. The highest BCUT2D eigenvalue weighted by molar-refractivity contribution is 5.90. The topological polar surface area (TPSA) is 41.5 Å². The van der Waals surface area contributed by atoms with Crippen LogP contribution < -0.4 is 14.5 Å². The third kappa shape index (κ3) is 5.24. The molecule has 54 heavy (non-hydrogen) atoms. The van der Waals surface area contributed by atoms with Crippen molar-refractivity contribution < 1.29 is 4.74 Å². The first-order chi connectivity index (χ1) is 26.5. The lowest BCUT2D eigenvalue weighted by Crippen LogP contribution is -2.30. The average Bonchev–Trinajstić information content (AvgIpc) is 3.23. The van der Waals surface area contributed by atoms with Crippen molar-refractivity contribution in [2.24, 2.45) is 0 Å². The summed E-state index contributed by atoms with van der Waals surface area (Å²) < 4.78 is 6.69. The van der Waals surface area contributed by atoms with Crippen LogP contribution in [0.15, 0.2) is 182 Å². The smallest absolute Gasteiger partial charge is 0.236 e. The molecule has 0 aliphatic carbocycles. The number of nitrogens with zero attached hydrogens (tertiary/aromatic N) is 4. The second-order valence-corrected chi connectivity index (χ2v) is 14.3. The van der Waals surface area contributed by atoms with E-state index in [1.165, 1.54) is 22.5 Å². The van der Waals surface area contributed by atoms with E-state index in [1.54, 1.807) is 0 Å². The molecule has 10 rings (SSSR count). The van der Waals surface area contributed by atoms with Crippen molar-refractivity contribution in [2.75, 3.05) is 9.80 Å². The van der Waals surface area contributed by atoms with Gasteiger partial charge in [-0.25, -0.2) is 9.97 Å². The Morgan fingerprint density at radius 1 is 0.407 bits per heavy atom. The highest BCUT2D eigenvalue weighted by atomic mass is 16.5. The first-order valence-electron chi connectivity index (χ1n) is 18.3. The first-order valence-corrected chi connectivity index (χ1v) is 18.3. The Morgan fingerprint density at radius 2 is 0.926 bits per heavy atom. The molecule has 258 valence electrons. The van der Waals surface area contributed by atoms with Crippen LogP contribution in [0.3, 0.4) is 0 Å². The van der Waals surface area contributed by atoms with Gasteiger partial charge in [0.25, 0.3) is 0 Å². The maximum Gasteiger partial charge on any atom is 0.236 e. The van der Waals surface area contributed by atoms with E-state index in [0.29, 0.717) is 5.95 Å². The van der Waals surface area contributed by atoms with Crippen LogP contribution in [0.4, 0.5) is 34.4 Å². The van der Waals surface area contributed by atoms with E-state index in [2.05, 4.69) is 151 Å². The molecular weight excluding hydrogens is 661 g/mol. The summed E-state index contributed by atoms with van der Waals surface area (Å²) in [5.41, 5.74) is 13.6. The Kier molecular flexibility index (Phi) is 7.41. The Hall–Kier alpha value is -6.98. The molecule has 0 saturated heterocycles. The summed E-state index contributed by atoms with van der Waals surface area (Å²) in [7, 11) is 0. The molecule has 0 saturated carbocycles. The lowest BCUT2D eigenvalue weighted by atomic mass is 9.73. The minimum absolute atomic E-state index is 0.217. The van der Waals surface area contributed by atoms with E-state index in [0.717, 1.165) is 62.2 Å². The van der Waals surface area contributed by atoms with Gasteiger partial charge in [-0.2, -0.15) is 0 Å². The van der Waals surface area contributed by atoms with Crippen molar-refractivity contribution in [1.82, 2.24) is 9.97 Å². The number of fused-ring (bicyclic) bond motifs is 4. The van der Waals surface area contributed by atoms with Gasteiger partial charge in [-0.05, 0) is 82.9 Å². The molecule has 0 atom stereocenters. The molecule has 0 spiro atoms. The molecule has 0 N–H and O–H groups in total. The Balaban J connectivity index is 1.11. The number of aromatic nitrogens is 2. The zero-order chi connectivity index (χ0) is 36.2. The fourth-order valence-corrected chi connectivity index (χ4v) is 7.94. The fraction of sp³-hybridized carbons (Fsp3) is 0.0612. The predicted octanol–water partition coefficient (Wildman–Crippen LogP) is 13.2. The molecule has 0 bridgehead atoms. The van der Waals surface area contributed by atoms with Crippen LogP contribution in [0.25, 0.3) is 33.6 Å². The summed E-state index contributed by atoms with van der Waals surface area (Å²) in [4.78, 5) is 14.9. The summed E-state index contributed by atoms with van der Waals surface area (Å²) in [6, 6.07) is 63.5. The van der Waals surface area contributed by atoms with Crippen molar-refractivity contribution in [2.45, 2.75) is 19.3 Å². The zero-order valence-corrected chi connectivity index (χ0v) is 30.0. The van der Waals surface area contributed by atoms with Gasteiger partial charge in [0.15, 0.2) is 11.5 Å². The molecule has 0 unspecified atom stereocenters. The van der Waals surface area contributed by atoms with Gasteiger partial charge in [0, 0.05) is 22.2 Å². The van der Waals surface area contributed by atoms with Crippen molar-refractivity contribution in [3.8, 4) is 45.1 Å². The van der Waals surface area contributed by atoms with Crippen LogP contribution in [0.1, 0.15) is 25.0 Å². The Morgan fingerprint density at radius 3 is 1.61 bits per heavy atom. The molecule has 2 aliphatic heterocycles. The third-order valence-electron chi connectivity index (χ3n) is 10.7. The number of hydrogen-bond donors (Lipinski definition) is 0. The number of ether oxygens (including phenoxy) is 1. The van der Waals surface area contributed by atoms with Crippen molar-refractivity contribution >= 4 is 34.4 Å². The van der Waals surface area contributed by atoms with Gasteiger partial charge < -0.3 is 9.64 Å². The fourth-order valence-electron chi connectivity index (χ4n) is 7.94. The molecule has 0 fully saturated rings. The second kappa shape index (κ2) is 12.6. The SMILES string of the molecule is CC1(C)c2ccccc2N(c2ccccc2)c2ccc(-c3ccc4c(c3)Oc3ccccc3N4c3nc(-c4ccccc4)cc(-c4ccccc4)n3)cc21. The monoisotopic (exact) mass is 696 g/mol. The third-order valence-corrected chi connectivity index (χ3v) is 10.7. The van der Waals surface area contributed by atoms with E-state index in [-0.39, 0.29) is 5.41 Å². The lowest BCUT2D eigenvalue weighted by molar-refractivity contribution is 0.476. The van der Waals surface area contributed by atoms with Gasteiger partial charge in [0.1, 0.15) is 0 Å². The van der Waals surface area contributed by atoms with E-state index < -0.39 is 0 Å². The van der Waals surface area contributed by atoms with Gasteiger partial charge in [-0.15, -0.1) is 0 Å². The second-order valence-electron chi connectivity index (χ2n) is 14.3. The maximum absolute atomic E-state index is 6.69. The van der Waals surface area contributed by atoms with Crippen LogP contribution in [-0.2, 0) is 5.41 Å². The molecule has 0 radical (unpaired) electrons. The van der Waals surface area contributed by atoms with Gasteiger partial charge >= 0.3 is 0 Å². The first kappa shape index (κ1) is 31.7. The molecule has 7 aromatic carbocycles. The van der Waals surface area contributed by atoms with Crippen molar-refractivity contribution in [3.05, 3.63) is 193 Å². The van der Waals surface area contributed by atoms with Crippen LogP contribution >= 0.6 is 0 Å². The number of para-hydroxylation sites is 4. The van der Waals surface area contributed by atoms with Gasteiger partial charge in [-0.1, -0.05) is 135 Å². The van der Waals surface area contributed by atoms with Crippen molar-refractivity contribution in [1.29, 1.82) is 0 Å². The molecule has 1 aromatic heterocycles. The Bertz CT molecular complexity index is 2620. The van der Waals surface area contributed by atoms with Gasteiger partial charge in [0.2, 0.25) is 5.95 Å². The van der Waals surface area contributed by atoms with Crippen LogP contribution in [0.2, 0.25) is 0 Å². The Labute approximate surface area is 315 Å². The minimum atomic E-state index is -0.217. The standard InChI is InChI=1S/C49H36N4O/c1-49(2)38-22-12-13-23-42(38)52(37-20-10-5-11-21-37)43-28-26-35(30-39(43)49)36-27-29-45-47(31-36)54-46-25-15-14-24-44(46)53(45)48-50-40(33-16-6-3-7-17-33)32-41(51-48)34-18-8-4-9-19-34/h3-32H,1-2H3. The number of rotatable bonds is 5. The van der Waals surface area contributed by atoms with Gasteiger partial charge in [0.05, 0.1) is 34.1 Å². The quantitative estimate of drug-likeness (QED) is 0.179. The van der Waals surface area contributed by atoms with E-state index in [9.17, 15) is 0 Å². The van der Waals surface area contributed by atoms with Crippen LogP contribution in [0.5, 0.6) is 11.5 Å². The summed E-state index contributed by atoms with van der Waals surface area (Å²) in [6.45, 7) is 4.66. The normalized spacial score (nSPS) is 13.6. The van der Waals surface area contributed by atoms with E-state index >= 15 is 0 Å². The molecule has 3 heterocycles. The highest BCUT2D eigenvalue weighted by Crippen LogP contribution is 2.54. The molecule has 5 heteroatoms. The predicted molar refractivity (Wildman–Crippen MR) is 220 cm³/mol. The van der Waals surface area contributed by atoms with Gasteiger partial charge in [-0.3, -0.25) is 4.90 Å².